The van der Waals surface area contributed by atoms with E-state index >= 15 is 0 Å². The largest absolute Gasteiger partial charge is 0.508 e. The number of oxazole rings is 1. The number of amides is 2. The quantitative estimate of drug-likeness (QED) is 0.478. The number of aromatic nitrogens is 1. The molecule has 1 fully saturated rings. The van der Waals surface area contributed by atoms with E-state index in [0.717, 1.165) is 16.9 Å². The van der Waals surface area contributed by atoms with Crippen LogP contribution in [0, 0.1) is 0 Å². The number of nitrogens with zero attached hydrogens (tertiary/aromatic N) is 3. The lowest BCUT2D eigenvalue weighted by atomic mass is 9.97. The maximum Gasteiger partial charge on any atom is 0.343 e. The number of aromatic hydroxyl groups is 1. The van der Waals surface area contributed by atoms with Crippen LogP contribution in [0.15, 0.2) is 52.9 Å². The van der Waals surface area contributed by atoms with Crippen LogP contribution in [0.25, 0.3) is 22.6 Å². The first-order valence-corrected chi connectivity index (χ1v) is 10.1. The summed E-state index contributed by atoms with van der Waals surface area (Å²) < 4.78 is 11.5. The monoisotopic (exact) mass is 423 g/mol. The number of likely N-dealkylation sites (tertiary alicyclic amines) is 1. The Morgan fingerprint density at radius 3 is 2.29 bits per heavy atom. The molecule has 8 heteroatoms. The topological polar surface area (TPSA) is 99.3 Å². The van der Waals surface area contributed by atoms with Crippen LogP contribution >= 0.6 is 0 Å². The van der Waals surface area contributed by atoms with E-state index in [9.17, 15) is 15.1 Å². The average molecular weight is 423 g/mol. The van der Waals surface area contributed by atoms with Crippen molar-refractivity contribution >= 4 is 6.03 Å². The number of phenols is 1. The van der Waals surface area contributed by atoms with Gasteiger partial charge in [0.2, 0.25) is 0 Å². The molecule has 2 heterocycles. The molecule has 2 aromatic carbocycles. The summed E-state index contributed by atoms with van der Waals surface area (Å²) in [4.78, 5) is 18.4. The molecular weight excluding hydrogens is 398 g/mol. The van der Waals surface area contributed by atoms with Gasteiger partial charge in [0, 0.05) is 37.2 Å². The van der Waals surface area contributed by atoms with Crippen molar-refractivity contribution in [2.24, 2.45) is 0 Å². The van der Waals surface area contributed by atoms with Crippen LogP contribution in [-0.2, 0) is 0 Å². The predicted octanol–water partition coefficient (Wildman–Crippen LogP) is 4.34. The third-order valence-electron chi connectivity index (χ3n) is 5.53. The zero-order valence-corrected chi connectivity index (χ0v) is 17.5. The fraction of sp³-hybridized carbons (Fsp3) is 0.304. The van der Waals surface area contributed by atoms with E-state index in [1.807, 2.05) is 36.4 Å². The van der Waals surface area contributed by atoms with E-state index in [1.54, 1.807) is 24.1 Å². The maximum atomic E-state index is 12.0. The second-order valence-electron chi connectivity index (χ2n) is 7.57. The van der Waals surface area contributed by atoms with Gasteiger partial charge in [-0.25, -0.2) is 14.8 Å². The Kier molecular flexibility index (Phi) is 5.81. The van der Waals surface area contributed by atoms with Crippen LogP contribution in [-0.4, -0.2) is 58.5 Å². The standard InChI is InChI=1S/C23H25N3O5/c1-25(29)23(28)26-13-11-17(12-14-26)22-24-20(15-3-7-18(27)8-4-15)21(31-22)16-5-9-19(30-2)10-6-16/h3-10,17,27,29H,11-14H2,1-2H3. The number of carbonyl (C=O) groups excluding carboxylic acids is 1. The molecule has 0 spiro atoms. The van der Waals surface area contributed by atoms with Crippen molar-refractivity contribution in [1.82, 2.24) is 14.9 Å². The van der Waals surface area contributed by atoms with Gasteiger partial charge in [-0.3, -0.25) is 5.21 Å². The number of piperidine rings is 1. The van der Waals surface area contributed by atoms with Gasteiger partial charge in [-0.05, 0) is 61.4 Å². The summed E-state index contributed by atoms with van der Waals surface area (Å²) in [6.07, 6.45) is 1.38. The van der Waals surface area contributed by atoms with E-state index in [1.165, 1.54) is 7.05 Å². The number of hydrogen-bond acceptors (Lipinski definition) is 6. The van der Waals surface area contributed by atoms with Crippen molar-refractivity contribution in [2.75, 3.05) is 27.2 Å². The van der Waals surface area contributed by atoms with Gasteiger partial charge in [-0.15, -0.1) is 0 Å². The summed E-state index contributed by atoms with van der Waals surface area (Å²) in [6, 6.07) is 14.0. The Labute approximate surface area is 180 Å². The predicted molar refractivity (Wildman–Crippen MR) is 114 cm³/mol. The van der Waals surface area contributed by atoms with Crippen molar-refractivity contribution in [2.45, 2.75) is 18.8 Å². The number of rotatable bonds is 4. The van der Waals surface area contributed by atoms with Crippen LogP contribution < -0.4 is 4.74 Å². The highest BCUT2D eigenvalue weighted by molar-refractivity contribution is 5.77. The lowest BCUT2D eigenvalue weighted by Gasteiger charge is -2.31. The highest BCUT2D eigenvalue weighted by atomic mass is 16.5. The third kappa shape index (κ3) is 4.34. The second-order valence-corrected chi connectivity index (χ2v) is 7.57. The minimum absolute atomic E-state index is 0.0657. The van der Waals surface area contributed by atoms with E-state index in [4.69, 9.17) is 14.1 Å². The van der Waals surface area contributed by atoms with Crippen molar-refractivity contribution < 1.29 is 24.3 Å². The molecule has 2 N–H and O–H groups in total. The van der Waals surface area contributed by atoms with E-state index < -0.39 is 6.03 Å². The van der Waals surface area contributed by atoms with Crippen molar-refractivity contribution in [3.63, 3.8) is 0 Å². The fourth-order valence-electron chi connectivity index (χ4n) is 3.79. The van der Waals surface area contributed by atoms with Gasteiger partial charge >= 0.3 is 6.03 Å². The van der Waals surface area contributed by atoms with Gasteiger partial charge < -0.3 is 19.2 Å². The number of methoxy groups -OCH3 is 1. The number of hydroxylamine groups is 2. The summed E-state index contributed by atoms with van der Waals surface area (Å²) >= 11 is 0. The Morgan fingerprint density at radius 1 is 1.10 bits per heavy atom. The number of carbonyl (C=O) groups is 1. The Hall–Kier alpha value is -3.52. The molecule has 1 saturated heterocycles. The number of hydrogen-bond donors (Lipinski definition) is 2. The zero-order chi connectivity index (χ0) is 22.0. The molecule has 1 aliphatic rings. The van der Waals surface area contributed by atoms with E-state index in [0.29, 0.717) is 48.3 Å². The lowest BCUT2D eigenvalue weighted by Crippen LogP contribution is -2.43. The van der Waals surface area contributed by atoms with Gasteiger partial charge in [0.15, 0.2) is 11.7 Å². The molecule has 0 atom stereocenters. The van der Waals surface area contributed by atoms with E-state index in [-0.39, 0.29) is 11.7 Å². The third-order valence-corrected chi connectivity index (χ3v) is 5.53. The first kappa shape index (κ1) is 20.7. The Balaban J connectivity index is 1.65. The summed E-state index contributed by atoms with van der Waals surface area (Å²) in [7, 11) is 2.95. The van der Waals surface area contributed by atoms with Crippen molar-refractivity contribution in [1.29, 1.82) is 0 Å². The molecule has 4 rings (SSSR count). The Morgan fingerprint density at radius 2 is 1.71 bits per heavy atom. The number of urea groups is 1. The normalized spacial score (nSPS) is 14.5. The summed E-state index contributed by atoms with van der Waals surface area (Å²) in [5.74, 6) is 2.27. The molecule has 1 aliphatic heterocycles. The molecule has 3 aromatic rings. The molecule has 0 aliphatic carbocycles. The van der Waals surface area contributed by atoms with Crippen LogP contribution in [0.4, 0.5) is 4.79 Å². The second kappa shape index (κ2) is 8.69. The van der Waals surface area contributed by atoms with Crippen LogP contribution in [0.2, 0.25) is 0 Å². The minimum atomic E-state index is -0.408. The number of benzene rings is 2. The zero-order valence-electron chi connectivity index (χ0n) is 17.5. The highest BCUT2D eigenvalue weighted by Gasteiger charge is 2.29. The fourth-order valence-corrected chi connectivity index (χ4v) is 3.79. The van der Waals surface area contributed by atoms with Crippen LogP contribution in [0.5, 0.6) is 11.5 Å². The van der Waals surface area contributed by atoms with Gasteiger partial charge in [-0.1, -0.05) is 0 Å². The van der Waals surface area contributed by atoms with Gasteiger partial charge in [0.1, 0.15) is 17.2 Å². The van der Waals surface area contributed by atoms with Gasteiger partial charge in [-0.2, -0.15) is 0 Å². The first-order chi connectivity index (χ1) is 15.0. The number of phenolic OH excluding ortho intramolecular Hbond substituents is 1. The smallest absolute Gasteiger partial charge is 0.343 e. The molecule has 162 valence electrons. The summed E-state index contributed by atoms with van der Waals surface area (Å²) in [5, 5.41) is 19.7. The molecule has 1 aromatic heterocycles. The van der Waals surface area contributed by atoms with Gasteiger partial charge in [0.05, 0.1) is 7.11 Å². The van der Waals surface area contributed by atoms with Gasteiger partial charge in [0.25, 0.3) is 0 Å². The first-order valence-electron chi connectivity index (χ1n) is 10.1. The summed E-state index contributed by atoms with van der Waals surface area (Å²) in [5.41, 5.74) is 2.42. The molecule has 0 bridgehead atoms. The molecule has 0 radical (unpaired) electrons. The maximum absolute atomic E-state index is 12.0. The molecule has 31 heavy (non-hydrogen) atoms. The molecule has 8 nitrogen and oxygen atoms in total. The SMILES string of the molecule is COc1ccc(-c2oc(C3CCN(C(=O)N(C)O)CC3)nc2-c2ccc(O)cc2)cc1. The molecule has 2 amide bonds. The summed E-state index contributed by atoms with van der Waals surface area (Å²) in [6.45, 7) is 1.03. The lowest BCUT2D eigenvalue weighted by molar-refractivity contribution is -0.0358. The van der Waals surface area contributed by atoms with Crippen molar-refractivity contribution in [3.8, 4) is 34.1 Å². The van der Waals surface area contributed by atoms with Crippen molar-refractivity contribution in [3.05, 3.63) is 54.4 Å². The Bertz CT molecular complexity index is 1040. The van der Waals surface area contributed by atoms with Crippen LogP contribution in [0.3, 0.4) is 0 Å². The molecule has 0 unspecified atom stereocenters. The minimum Gasteiger partial charge on any atom is -0.508 e. The molecular formula is C23H25N3O5. The number of ether oxygens (including phenoxy) is 1. The highest BCUT2D eigenvalue weighted by Crippen LogP contribution is 2.38. The molecule has 0 saturated carbocycles. The van der Waals surface area contributed by atoms with Crippen LogP contribution in [0.1, 0.15) is 24.7 Å². The van der Waals surface area contributed by atoms with E-state index in [2.05, 4.69) is 0 Å². The average Bonchev–Trinajstić information content (AvgIpc) is 3.24.